The van der Waals surface area contributed by atoms with Gasteiger partial charge >= 0.3 is 6.03 Å². The van der Waals surface area contributed by atoms with Crippen LogP contribution in [0.1, 0.15) is 5.56 Å². The maximum atomic E-state index is 13.8. The third kappa shape index (κ3) is 3.35. The number of benzene rings is 2. The molecule has 2 aromatic heterocycles. The van der Waals surface area contributed by atoms with Crippen molar-refractivity contribution in [3.8, 4) is 11.1 Å². The van der Waals surface area contributed by atoms with Gasteiger partial charge in [-0.05, 0) is 48.4 Å². The Morgan fingerprint density at radius 3 is 2.79 bits per heavy atom. The van der Waals surface area contributed by atoms with Crippen molar-refractivity contribution in [2.45, 2.75) is 6.92 Å². The van der Waals surface area contributed by atoms with E-state index in [1.165, 1.54) is 6.07 Å². The number of fused-ring (bicyclic) bond motifs is 1. The molecule has 7 nitrogen and oxygen atoms in total. The number of carbonyl (C=O) groups is 1. The molecule has 0 bridgehead atoms. The zero-order chi connectivity index (χ0) is 19.7. The molecule has 28 heavy (non-hydrogen) atoms. The summed E-state index contributed by atoms with van der Waals surface area (Å²) in [4.78, 5) is 16.4. The zero-order valence-corrected chi connectivity index (χ0v) is 15.0. The maximum absolute atomic E-state index is 13.8. The van der Waals surface area contributed by atoms with E-state index in [4.69, 9.17) is 5.73 Å². The van der Waals surface area contributed by atoms with Gasteiger partial charge in [-0.2, -0.15) is 5.10 Å². The first kappa shape index (κ1) is 17.5. The maximum Gasteiger partial charge on any atom is 0.324 e. The van der Waals surface area contributed by atoms with Gasteiger partial charge in [0.2, 0.25) is 0 Å². The second-order valence-corrected chi connectivity index (χ2v) is 6.33. The van der Waals surface area contributed by atoms with Gasteiger partial charge in [-0.3, -0.25) is 10.4 Å². The molecule has 2 aromatic carbocycles. The number of halogens is 1. The Hall–Kier alpha value is -3.94. The van der Waals surface area contributed by atoms with Crippen molar-refractivity contribution in [1.82, 2.24) is 15.2 Å². The van der Waals surface area contributed by atoms with Crippen molar-refractivity contribution in [2.75, 3.05) is 16.4 Å². The third-order valence-electron chi connectivity index (χ3n) is 4.30. The van der Waals surface area contributed by atoms with Gasteiger partial charge in [-0.15, -0.1) is 0 Å². The van der Waals surface area contributed by atoms with E-state index in [9.17, 15) is 9.18 Å². The quantitative estimate of drug-likeness (QED) is 0.427. The predicted molar refractivity (Wildman–Crippen MR) is 108 cm³/mol. The van der Waals surface area contributed by atoms with Crippen molar-refractivity contribution < 1.29 is 9.18 Å². The van der Waals surface area contributed by atoms with Gasteiger partial charge in [0.15, 0.2) is 5.82 Å². The molecule has 0 atom stereocenters. The first-order valence-corrected chi connectivity index (χ1v) is 8.54. The first-order chi connectivity index (χ1) is 13.5. The van der Waals surface area contributed by atoms with E-state index < -0.39 is 11.8 Å². The van der Waals surface area contributed by atoms with E-state index >= 15 is 0 Å². The highest BCUT2D eigenvalue weighted by atomic mass is 19.1. The van der Waals surface area contributed by atoms with E-state index in [1.54, 1.807) is 24.4 Å². The highest BCUT2D eigenvalue weighted by Gasteiger charge is 2.11. The molecule has 0 aliphatic rings. The van der Waals surface area contributed by atoms with Crippen LogP contribution in [0.3, 0.4) is 0 Å². The van der Waals surface area contributed by atoms with Crippen LogP contribution >= 0.6 is 0 Å². The SMILES string of the molecule is Cc1ccc(F)c(NC(=O)Nc2ccc(-c3cccc4[nH]nc(N)c34)cn2)c1. The summed E-state index contributed by atoms with van der Waals surface area (Å²) >= 11 is 0. The smallest absolute Gasteiger partial charge is 0.324 e. The number of aromatic nitrogens is 3. The fourth-order valence-corrected chi connectivity index (χ4v) is 2.97. The summed E-state index contributed by atoms with van der Waals surface area (Å²) in [5.74, 6) is 0.240. The number of hydrogen-bond acceptors (Lipinski definition) is 4. The highest BCUT2D eigenvalue weighted by molar-refractivity contribution is 6.02. The molecular formula is C20H17FN6O. The molecule has 8 heteroatoms. The Morgan fingerprint density at radius 1 is 1.14 bits per heavy atom. The fourth-order valence-electron chi connectivity index (χ4n) is 2.97. The molecule has 0 unspecified atom stereocenters. The van der Waals surface area contributed by atoms with Crippen LogP contribution in [0, 0.1) is 12.7 Å². The Balaban J connectivity index is 1.52. The lowest BCUT2D eigenvalue weighted by molar-refractivity contribution is 0.262. The second kappa shape index (κ2) is 6.99. The fraction of sp³-hybridized carbons (Fsp3) is 0.0500. The van der Waals surface area contributed by atoms with Crippen LogP contribution in [0.25, 0.3) is 22.0 Å². The van der Waals surface area contributed by atoms with Crippen molar-refractivity contribution in [3.63, 3.8) is 0 Å². The number of amides is 2. The van der Waals surface area contributed by atoms with Crippen LogP contribution in [0.4, 0.5) is 26.5 Å². The number of aryl methyl sites for hydroxylation is 1. The molecule has 2 amide bonds. The first-order valence-electron chi connectivity index (χ1n) is 8.54. The predicted octanol–water partition coefficient (Wildman–Crippen LogP) is 4.30. The van der Waals surface area contributed by atoms with Crippen molar-refractivity contribution in [2.24, 2.45) is 0 Å². The van der Waals surface area contributed by atoms with E-state index in [0.29, 0.717) is 11.6 Å². The lowest BCUT2D eigenvalue weighted by atomic mass is 10.0. The Labute approximate surface area is 159 Å². The number of pyridine rings is 1. The van der Waals surface area contributed by atoms with Gasteiger partial charge < -0.3 is 11.1 Å². The molecule has 0 radical (unpaired) electrons. The number of rotatable bonds is 3. The number of carbonyl (C=O) groups excluding carboxylic acids is 1. The molecule has 140 valence electrons. The van der Waals surface area contributed by atoms with Crippen LogP contribution in [-0.2, 0) is 0 Å². The summed E-state index contributed by atoms with van der Waals surface area (Å²) in [6.45, 7) is 1.82. The molecule has 0 spiro atoms. The minimum atomic E-state index is -0.578. The molecule has 0 aliphatic heterocycles. The van der Waals surface area contributed by atoms with Crippen LogP contribution in [-0.4, -0.2) is 21.2 Å². The molecular weight excluding hydrogens is 359 g/mol. The lowest BCUT2D eigenvalue weighted by Crippen LogP contribution is -2.20. The minimum Gasteiger partial charge on any atom is -0.382 e. The molecule has 5 N–H and O–H groups in total. The average Bonchev–Trinajstić information content (AvgIpc) is 3.07. The summed E-state index contributed by atoms with van der Waals surface area (Å²) in [6.07, 6.45) is 1.63. The van der Waals surface area contributed by atoms with Gasteiger partial charge in [-0.1, -0.05) is 18.2 Å². The number of hydrogen-bond donors (Lipinski definition) is 4. The Kier molecular flexibility index (Phi) is 4.36. The molecule has 0 fully saturated rings. The van der Waals surface area contributed by atoms with Gasteiger partial charge in [-0.25, -0.2) is 14.2 Å². The summed E-state index contributed by atoms with van der Waals surface area (Å²) in [5, 5.41) is 12.8. The molecule has 4 aromatic rings. The van der Waals surface area contributed by atoms with Gasteiger partial charge in [0.25, 0.3) is 0 Å². The molecule has 2 heterocycles. The number of nitrogens with one attached hydrogen (secondary N) is 3. The van der Waals surface area contributed by atoms with E-state index in [1.807, 2.05) is 31.2 Å². The van der Waals surface area contributed by atoms with E-state index in [-0.39, 0.29) is 5.69 Å². The Bertz CT molecular complexity index is 1170. The van der Waals surface area contributed by atoms with Crippen LogP contribution < -0.4 is 16.4 Å². The second-order valence-electron chi connectivity index (χ2n) is 6.33. The normalized spacial score (nSPS) is 10.8. The van der Waals surface area contributed by atoms with Crippen molar-refractivity contribution in [3.05, 3.63) is 66.1 Å². The molecule has 4 rings (SSSR count). The largest absolute Gasteiger partial charge is 0.382 e. The zero-order valence-electron chi connectivity index (χ0n) is 15.0. The van der Waals surface area contributed by atoms with E-state index in [2.05, 4.69) is 25.8 Å². The van der Waals surface area contributed by atoms with Crippen LogP contribution in [0.5, 0.6) is 0 Å². The lowest BCUT2D eigenvalue weighted by Gasteiger charge is -2.09. The number of H-pyrrole nitrogens is 1. The molecule has 0 aliphatic carbocycles. The number of nitrogens with two attached hydrogens (primary N) is 1. The molecule has 0 saturated carbocycles. The van der Waals surface area contributed by atoms with Crippen LogP contribution in [0.2, 0.25) is 0 Å². The van der Waals surface area contributed by atoms with Crippen molar-refractivity contribution in [1.29, 1.82) is 0 Å². The third-order valence-corrected chi connectivity index (χ3v) is 4.30. The van der Waals surface area contributed by atoms with Gasteiger partial charge in [0.05, 0.1) is 16.6 Å². The summed E-state index contributed by atoms with van der Waals surface area (Å²) in [7, 11) is 0. The number of anilines is 3. The average molecular weight is 376 g/mol. The van der Waals surface area contributed by atoms with Crippen LogP contribution in [0.15, 0.2) is 54.7 Å². The number of urea groups is 1. The monoisotopic (exact) mass is 376 g/mol. The van der Waals surface area contributed by atoms with E-state index in [0.717, 1.165) is 27.6 Å². The summed E-state index contributed by atoms with van der Waals surface area (Å²) < 4.78 is 13.8. The number of nitrogens with zero attached hydrogens (tertiary/aromatic N) is 2. The van der Waals surface area contributed by atoms with Gasteiger partial charge in [0.1, 0.15) is 11.6 Å². The van der Waals surface area contributed by atoms with Crippen molar-refractivity contribution >= 4 is 34.3 Å². The number of nitrogen functional groups attached to an aromatic ring is 1. The Morgan fingerprint density at radius 2 is 2.00 bits per heavy atom. The highest BCUT2D eigenvalue weighted by Crippen LogP contribution is 2.31. The summed E-state index contributed by atoms with van der Waals surface area (Å²) in [6, 6.07) is 13.1. The molecule has 0 saturated heterocycles. The topological polar surface area (TPSA) is 109 Å². The standard InChI is InChI=1S/C20H17FN6O/c1-11-5-7-14(21)16(9-11)24-20(28)25-17-8-6-12(10-23-17)13-3-2-4-15-18(13)19(22)27-26-15/h2-10H,1H3,(H3,22,26,27)(H2,23,24,25,28). The van der Waals surface area contributed by atoms with Gasteiger partial charge in [0, 0.05) is 11.8 Å². The summed E-state index contributed by atoms with van der Waals surface area (Å²) in [5.41, 5.74) is 9.44. The number of aromatic amines is 1. The minimum absolute atomic E-state index is 0.108.